The van der Waals surface area contributed by atoms with Crippen LogP contribution in [0.15, 0.2) is 18.2 Å². The number of hydrogen-bond acceptors (Lipinski definition) is 5. The third kappa shape index (κ3) is 4.95. The molecule has 26 heavy (non-hydrogen) atoms. The number of hydrogen-bond donors (Lipinski definition) is 1. The highest BCUT2D eigenvalue weighted by Crippen LogP contribution is 2.32. The van der Waals surface area contributed by atoms with Crippen molar-refractivity contribution in [1.29, 1.82) is 0 Å². The summed E-state index contributed by atoms with van der Waals surface area (Å²) < 4.78 is 6.73. The summed E-state index contributed by atoms with van der Waals surface area (Å²) in [5.41, 5.74) is 2.30. The lowest BCUT2D eigenvalue weighted by Gasteiger charge is -2.31. The van der Waals surface area contributed by atoms with Crippen LogP contribution in [0.1, 0.15) is 38.7 Å². The number of carbonyl (C=O) groups excluding carboxylic acids is 1. The lowest BCUT2D eigenvalue weighted by Crippen LogP contribution is -2.43. The van der Waals surface area contributed by atoms with Crippen LogP contribution in [-0.2, 0) is 9.53 Å². The van der Waals surface area contributed by atoms with E-state index in [2.05, 4.69) is 35.3 Å². The zero-order valence-corrected chi connectivity index (χ0v) is 16.8. The summed E-state index contributed by atoms with van der Waals surface area (Å²) in [4.78, 5) is 19.5. The number of fused-ring (bicyclic) bond motifs is 1. The number of aromatic nitrogens is 1. The fourth-order valence-corrected chi connectivity index (χ4v) is 4.37. The first-order valence-electron chi connectivity index (χ1n) is 9.54. The maximum Gasteiger partial charge on any atom is 0.224 e. The van der Waals surface area contributed by atoms with Gasteiger partial charge in [-0.1, -0.05) is 17.4 Å². The number of anilines is 1. The van der Waals surface area contributed by atoms with Gasteiger partial charge in [0.25, 0.3) is 0 Å². The second kappa shape index (κ2) is 8.82. The van der Waals surface area contributed by atoms with E-state index < -0.39 is 0 Å². The Kier molecular flexibility index (Phi) is 6.48. The fourth-order valence-electron chi connectivity index (χ4n) is 3.27. The van der Waals surface area contributed by atoms with Crippen LogP contribution in [0.4, 0.5) is 5.13 Å². The molecule has 1 saturated heterocycles. The number of nitrogens with zero attached hydrogens (tertiary/aromatic N) is 2. The Hall–Kier alpha value is -1.66. The van der Waals surface area contributed by atoms with Gasteiger partial charge in [0.15, 0.2) is 5.13 Å². The van der Waals surface area contributed by atoms with E-state index in [1.807, 2.05) is 13.8 Å². The Balaban J connectivity index is 1.53. The zero-order chi connectivity index (χ0) is 18.5. The largest absolute Gasteiger partial charge is 0.379 e. The molecule has 2 aromatic rings. The van der Waals surface area contributed by atoms with E-state index in [0.717, 1.165) is 43.0 Å². The molecule has 1 aliphatic rings. The number of benzene rings is 1. The summed E-state index contributed by atoms with van der Waals surface area (Å²) >= 11 is 1.73. The van der Waals surface area contributed by atoms with E-state index in [1.54, 1.807) is 11.3 Å². The number of thiazole rings is 1. The molecule has 1 aliphatic heterocycles. The highest BCUT2D eigenvalue weighted by atomic mass is 32.1. The summed E-state index contributed by atoms with van der Waals surface area (Å²) in [6.45, 7) is 9.27. The lowest BCUT2D eigenvalue weighted by atomic mass is 9.97. The van der Waals surface area contributed by atoms with Gasteiger partial charge in [-0.3, -0.25) is 4.79 Å². The minimum Gasteiger partial charge on any atom is -0.379 e. The van der Waals surface area contributed by atoms with Crippen LogP contribution in [0.3, 0.4) is 0 Å². The Morgan fingerprint density at radius 2 is 2.31 bits per heavy atom. The quantitative estimate of drug-likeness (QED) is 0.749. The van der Waals surface area contributed by atoms with Crippen LogP contribution in [0.5, 0.6) is 0 Å². The summed E-state index contributed by atoms with van der Waals surface area (Å²) in [5, 5.41) is 4.11. The van der Waals surface area contributed by atoms with Gasteiger partial charge >= 0.3 is 0 Å². The molecule has 1 fully saturated rings. The average Bonchev–Trinajstić information content (AvgIpc) is 3.04. The van der Waals surface area contributed by atoms with Crippen LogP contribution < -0.4 is 10.2 Å². The van der Waals surface area contributed by atoms with Crippen LogP contribution >= 0.6 is 11.3 Å². The van der Waals surface area contributed by atoms with Crippen molar-refractivity contribution in [1.82, 2.24) is 10.3 Å². The normalized spacial score (nSPS) is 17.8. The van der Waals surface area contributed by atoms with Crippen molar-refractivity contribution in [3.8, 4) is 0 Å². The van der Waals surface area contributed by atoms with Gasteiger partial charge in [-0.2, -0.15) is 0 Å². The lowest BCUT2D eigenvalue weighted by molar-refractivity contribution is -0.125. The minimum atomic E-state index is 0.0449. The van der Waals surface area contributed by atoms with Crippen LogP contribution in [0.2, 0.25) is 0 Å². The molecule has 1 aromatic heterocycles. The summed E-state index contributed by atoms with van der Waals surface area (Å²) in [6, 6.07) is 6.36. The van der Waals surface area contributed by atoms with Crippen molar-refractivity contribution in [2.45, 2.75) is 46.1 Å². The molecule has 1 N–H and O–H groups in total. The Labute approximate surface area is 159 Å². The van der Waals surface area contributed by atoms with E-state index >= 15 is 0 Å². The Bertz CT molecular complexity index is 744. The summed E-state index contributed by atoms with van der Waals surface area (Å²) in [7, 11) is 0. The number of carbonyl (C=O) groups is 1. The van der Waals surface area contributed by atoms with Gasteiger partial charge in [-0.05, 0) is 57.7 Å². The van der Waals surface area contributed by atoms with Crippen LogP contribution in [0, 0.1) is 12.8 Å². The molecule has 0 radical (unpaired) electrons. The van der Waals surface area contributed by atoms with Gasteiger partial charge in [0.05, 0.1) is 22.2 Å². The second-order valence-electron chi connectivity index (χ2n) is 7.32. The number of nitrogens with one attached hydrogen (secondary N) is 1. The summed E-state index contributed by atoms with van der Waals surface area (Å²) in [5.74, 6) is 0.208. The van der Waals surface area contributed by atoms with E-state index in [0.29, 0.717) is 13.2 Å². The minimum absolute atomic E-state index is 0.0449. The first kappa shape index (κ1) is 19.1. The van der Waals surface area contributed by atoms with Crippen molar-refractivity contribution in [3.63, 3.8) is 0 Å². The van der Waals surface area contributed by atoms with Crippen molar-refractivity contribution >= 4 is 32.6 Å². The zero-order valence-electron chi connectivity index (χ0n) is 16.0. The molecule has 6 heteroatoms. The monoisotopic (exact) mass is 375 g/mol. The number of aryl methyl sites for hydroxylation is 1. The van der Waals surface area contributed by atoms with Crippen molar-refractivity contribution in [3.05, 3.63) is 23.8 Å². The van der Waals surface area contributed by atoms with Crippen molar-refractivity contribution in [2.75, 3.05) is 31.1 Å². The van der Waals surface area contributed by atoms with Gasteiger partial charge in [0.1, 0.15) is 0 Å². The van der Waals surface area contributed by atoms with Gasteiger partial charge in [0.2, 0.25) is 5.91 Å². The maximum absolute atomic E-state index is 12.5. The number of amides is 1. The average molecular weight is 376 g/mol. The molecule has 2 heterocycles. The van der Waals surface area contributed by atoms with E-state index in [1.165, 1.54) is 10.3 Å². The van der Waals surface area contributed by atoms with Crippen LogP contribution in [-0.4, -0.2) is 43.2 Å². The Morgan fingerprint density at radius 3 is 3.12 bits per heavy atom. The number of piperidine rings is 1. The van der Waals surface area contributed by atoms with Gasteiger partial charge in [0, 0.05) is 26.2 Å². The topological polar surface area (TPSA) is 54.5 Å². The molecule has 1 unspecified atom stereocenters. The van der Waals surface area contributed by atoms with Gasteiger partial charge < -0.3 is 15.0 Å². The molecule has 142 valence electrons. The SMILES string of the molecule is Cc1ccc2nc(N3CCCC(C(=O)NCCCOC(C)C)C3)sc2c1. The number of rotatable bonds is 7. The van der Waals surface area contributed by atoms with Gasteiger partial charge in [-0.25, -0.2) is 4.98 Å². The molecule has 0 bridgehead atoms. The third-order valence-corrected chi connectivity index (χ3v) is 5.75. The van der Waals surface area contributed by atoms with E-state index in [-0.39, 0.29) is 17.9 Å². The highest BCUT2D eigenvalue weighted by molar-refractivity contribution is 7.22. The molecule has 1 atom stereocenters. The maximum atomic E-state index is 12.5. The molecular weight excluding hydrogens is 346 g/mol. The second-order valence-corrected chi connectivity index (χ2v) is 8.33. The Morgan fingerprint density at radius 1 is 1.46 bits per heavy atom. The number of ether oxygens (including phenoxy) is 1. The van der Waals surface area contributed by atoms with E-state index in [4.69, 9.17) is 9.72 Å². The van der Waals surface area contributed by atoms with E-state index in [9.17, 15) is 4.79 Å². The van der Waals surface area contributed by atoms with Crippen LogP contribution in [0.25, 0.3) is 10.2 Å². The first-order chi connectivity index (χ1) is 12.5. The fraction of sp³-hybridized carbons (Fsp3) is 0.600. The smallest absolute Gasteiger partial charge is 0.224 e. The predicted octanol–water partition coefficient (Wildman–Crippen LogP) is 3.75. The van der Waals surface area contributed by atoms with Gasteiger partial charge in [-0.15, -0.1) is 0 Å². The molecule has 0 aliphatic carbocycles. The predicted molar refractivity (Wildman–Crippen MR) is 108 cm³/mol. The van der Waals surface area contributed by atoms with Crippen molar-refractivity contribution in [2.24, 2.45) is 5.92 Å². The van der Waals surface area contributed by atoms with Crippen molar-refractivity contribution < 1.29 is 9.53 Å². The highest BCUT2D eigenvalue weighted by Gasteiger charge is 2.27. The first-order valence-corrected chi connectivity index (χ1v) is 10.4. The molecule has 1 amide bonds. The molecule has 0 spiro atoms. The third-order valence-electron chi connectivity index (χ3n) is 4.67. The molecule has 1 aromatic carbocycles. The summed E-state index contributed by atoms with van der Waals surface area (Å²) in [6.07, 6.45) is 3.09. The molecule has 3 rings (SSSR count). The standard InChI is InChI=1S/C20H29N3O2S/c1-14(2)25-11-5-9-21-19(24)16-6-4-10-23(13-16)20-22-17-8-7-15(3)12-18(17)26-20/h7-8,12,14,16H,4-6,9-11,13H2,1-3H3,(H,21,24). The molecular formula is C20H29N3O2S. The molecule has 5 nitrogen and oxygen atoms in total. The molecule has 0 saturated carbocycles.